The Labute approximate surface area is 115 Å². The predicted octanol–water partition coefficient (Wildman–Crippen LogP) is 3.68. The van der Waals surface area contributed by atoms with Crippen LogP contribution in [-0.2, 0) is 4.74 Å². The lowest BCUT2D eigenvalue weighted by atomic mass is 10.1. The van der Waals surface area contributed by atoms with Crippen molar-refractivity contribution in [3.05, 3.63) is 35.6 Å². The molecule has 106 valence electrons. The van der Waals surface area contributed by atoms with Crippen molar-refractivity contribution in [3.63, 3.8) is 0 Å². The van der Waals surface area contributed by atoms with E-state index < -0.39 is 0 Å². The van der Waals surface area contributed by atoms with Crippen molar-refractivity contribution in [1.29, 1.82) is 0 Å². The molecule has 0 aromatic heterocycles. The third-order valence-corrected chi connectivity index (χ3v) is 3.81. The molecule has 0 radical (unpaired) electrons. The molecule has 1 aromatic rings. The van der Waals surface area contributed by atoms with Crippen LogP contribution in [0.4, 0.5) is 4.39 Å². The summed E-state index contributed by atoms with van der Waals surface area (Å²) in [5.41, 5.74) is 0.930. The second-order valence-corrected chi connectivity index (χ2v) is 5.34. The normalized spacial score (nSPS) is 17.8. The molecule has 1 saturated carbocycles. The van der Waals surface area contributed by atoms with Crippen molar-refractivity contribution in [3.8, 4) is 0 Å². The Morgan fingerprint density at radius 1 is 1.37 bits per heavy atom. The Morgan fingerprint density at radius 3 is 2.84 bits per heavy atom. The number of ether oxygens (including phenoxy) is 1. The monoisotopic (exact) mass is 265 g/mol. The molecule has 0 amide bonds. The van der Waals surface area contributed by atoms with E-state index >= 15 is 0 Å². The average molecular weight is 265 g/mol. The highest BCUT2D eigenvalue weighted by Gasteiger charge is 2.18. The van der Waals surface area contributed by atoms with E-state index in [1.165, 1.54) is 31.7 Å². The highest BCUT2D eigenvalue weighted by molar-refractivity contribution is 5.19. The maximum atomic E-state index is 13.3. The lowest BCUT2D eigenvalue weighted by Gasteiger charge is -2.21. The second-order valence-electron chi connectivity index (χ2n) is 5.34. The van der Waals surface area contributed by atoms with Gasteiger partial charge in [-0.05, 0) is 43.0 Å². The van der Waals surface area contributed by atoms with Gasteiger partial charge in [-0.1, -0.05) is 31.9 Å². The summed E-state index contributed by atoms with van der Waals surface area (Å²) in [6, 6.07) is 6.75. The summed E-state index contributed by atoms with van der Waals surface area (Å²) < 4.78 is 19.4. The van der Waals surface area contributed by atoms with Gasteiger partial charge < -0.3 is 10.1 Å². The first-order chi connectivity index (χ1) is 9.29. The van der Waals surface area contributed by atoms with Crippen LogP contribution >= 0.6 is 0 Å². The van der Waals surface area contributed by atoms with Crippen molar-refractivity contribution in [2.24, 2.45) is 5.92 Å². The van der Waals surface area contributed by atoms with Crippen LogP contribution in [0.1, 0.15) is 44.3 Å². The molecule has 3 heteroatoms. The molecule has 0 bridgehead atoms. The molecule has 1 atom stereocenters. The van der Waals surface area contributed by atoms with Gasteiger partial charge in [-0.3, -0.25) is 0 Å². The minimum atomic E-state index is -0.191. The van der Waals surface area contributed by atoms with Crippen LogP contribution in [0, 0.1) is 11.7 Å². The van der Waals surface area contributed by atoms with Gasteiger partial charge in [0.15, 0.2) is 0 Å². The van der Waals surface area contributed by atoms with Crippen LogP contribution in [-0.4, -0.2) is 19.7 Å². The lowest BCUT2D eigenvalue weighted by molar-refractivity contribution is 0.0296. The minimum Gasteiger partial charge on any atom is -0.372 e. The minimum absolute atomic E-state index is 0.0451. The quantitative estimate of drug-likeness (QED) is 0.812. The van der Waals surface area contributed by atoms with Crippen LogP contribution < -0.4 is 5.32 Å². The molecular formula is C16H24FNO. The van der Waals surface area contributed by atoms with Crippen LogP contribution in [0.5, 0.6) is 0 Å². The van der Waals surface area contributed by atoms with Crippen LogP contribution in [0.3, 0.4) is 0 Å². The molecule has 0 saturated heterocycles. The van der Waals surface area contributed by atoms with E-state index in [2.05, 4.69) is 12.2 Å². The largest absolute Gasteiger partial charge is 0.372 e. The van der Waals surface area contributed by atoms with E-state index in [1.54, 1.807) is 12.1 Å². The summed E-state index contributed by atoms with van der Waals surface area (Å²) in [5, 5.41) is 3.29. The van der Waals surface area contributed by atoms with Gasteiger partial charge in [-0.15, -0.1) is 0 Å². The summed E-state index contributed by atoms with van der Waals surface area (Å²) in [4.78, 5) is 0. The number of rotatable bonds is 7. The van der Waals surface area contributed by atoms with Crippen molar-refractivity contribution in [2.75, 3.05) is 19.7 Å². The topological polar surface area (TPSA) is 21.3 Å². The van der Waals surface area contributed by atoms with Crippen molar-refractivity contribution in [1.82, 2.24) is 5.32 Å². The van der Waals surface area contributed by atoms with E-state index in [4.69, 9.17) is 4.74 Å². The third kappa shape index (κ3) is 4.59. The molecule has 2 rings (SSSR count). The highest BCUT2D eigenvalue weighted by atomic mass is 19.1. The molecule has 1 N–H and O–H groups in total. The number of nitrogens with one attached hydrogen (secondary N) is 1. The number of hydrogen-bond donors (Lipinski definition) is 1. The number of halogens is 1. The molecule has 0 heterocycles. The van der Waals surface area contributed by atoms with Crippen LogP contribution in [0.25, 0.3) is 0 Å². The zero-order chi connectivity index (χ0) is 13.5. The summed E-state index contributed by atoms with van der Waals surface area (Å²) in [7, 11) is 0. The van der Waals surface area contributed by atoms with Gasteiger partial charge in [-0.25, -0.2) is 4.39 Å². The van der Waals surface area contributed by atoms with Gasteiger partial charge >= 0.3 is 0 Å². The molecule has 1 aromatic carbocycles. The molecule has 0 spiro atoms. The fourth-order valence-corrected chi connectivity index (χ4v) is 2.68. The first-order valence-corrected chi connectivity index (χ1v) is 7.37. The fourth-order valence-electron chi connectivity index (χ4n) is 2.68. The summed E-state index contributed by atoms with van der Waals surface area (Å²) >= 11 is 0. The van der Waals surface area contributed by atoms with Gasteiger partial charge in [0.2, 0.25) is 0 Å². The Bertz CT molecular complexity index is 377. The van der Waals surface area contributed by atoms with E-state index in [1.807, 2.05) is 6.07 Å². The van der Waals surface area contributed by atoms with Crippen molar-refractivity contribution >= 4 is 0 Å². The molecule has 1 aliphatic rings. The van der Waals surface area contributed by atoms with Gasteiger partial charge in [0, 0.05) is 6.54 Å². The summed E-state index contributed by atoms with van der Waals surface area (Å²) in [5.74, 6) is 0.501. The van der Waals surface area contributed by atoms with E-state index in [-0.39, 0.29) is 11.9 Å². The molecule has 1 aliphatic carbocycles. The Kier molecular flexibility index (Phi) is 5.80. The Hall–Kier alpha value is -0.930. The Morgan fingerprint density at radius 2 is 2.16 bits per heavy atom. The third-order valence-electron chi connectivity index (χ3n) is 3.81. The van der Waals surface area contributed by atoms with E-state index in [0.29, 0.717) is 5.92 Å². The van der Waals surface area contributed by atoms with E-state index in [0.717, 1.165) is 25.3 Å². The van der Waals surface area contributed by atoms with Gasteiger partial charge in [0.1, 0.15) is 5.82 Å². The molecular weight excluding hydrogens is 241 g/mol. The standard InChI is InChI=1S/C16H24FNO/c1-2-18-11-16(14-8-5-9-15(17)10-14)19-12-13-6-3-4-7-13/h5,8-10,13,16,18H,2-4,6-7,11-12H2,1H3. The lowest BCUT2D eigenvalue weighted by Crippen LogP contribution is -2.24. The van der Waals surface area contributed by atoms with Gasteiger partial charge in [-0.2, -0.15) is 0 Å². The number of hydrogen-bond acceptors (Lipinski definition) is 2. The average Bonchev–Trinajstić information content (AvgIpc) is 2.92. The molecule has 2 nitrogen and oxygen atoms in total. The Balaban J connectivity index is 1.94. The maximum absolute atomic E-state index is 13.3. The first-order valence-electron chi connectivity index (χ1n) is 7.37. The second kappa shape index (κ2) is 7.61. The van der Waals surface area contributed by atoms with Crippen LogP contribution in [0.15, 0.2) is 24.3 Å². The zero-order valence-electron chi connectivity index (χ0n) is 11.7. The molecule has 1 unspecified atom stereocenters. The number of likely N-dealkylation sites (N-methyl/N-ethyl adjacent to an activating group) is 1. The highest BCUT2D eigenvalue weighted by Crippen LogP contribution is 2.27. The molecule has 0 aliphatic heterocycles. The molecule has 1 fully saturated rings. The molecule has 19 heavy (non-hydrogen) atoms. The van der Waals surface area contributed by atoms with E-state index in [9.17, 15) is 4.39 Å². The SMILES string of the molecule is CCNCC(OCC1CCCC1)c1cccc(F)c1. The van der Waals surface area contributed by atoms with Gasteiger partial charge in [0.25, 0.3) is 0 Å². The fraction of sp³-hybridized carbons (Fsp3) is 0.625. The van der Waals surface area contributed by atoms with Crippen molar-refractivity contribution in [2.45, 2.75) is 38.7 Å². The number of benzene rings is 1. The zero-order valence-corrected chi connectivity index (χ0v) is 11.7. The first kappa shape index (κ1) is 14.5. The predicted molar refractivity (Wildman–Crippen MR) is 75.6 cm³/mol. The summed E-state index contributed by atoms with van der Waals surface area (Å²) in [6.07, 6.45) is 5.16. The maximum Gasteiger partial charge on any atom is 0.123 e. The smallest absolute Gasteiger partial charge is 0.123 e. The van der Waals surface area contributed by atoms with Crippen molar-refractivity contribution < 1.29 is 9.13 Å². The van der Waals surface area contributed by atoms with Gasteiger partial charge in [0.05, 0.1) is 12.7 Å². The summed E-state index contributed by atoms with van der Waals surface area (Å²) in [6.45, 7) is 4.51. The van der Waals surface area contributed by atoms with Crippen LogP contribution in [0.2, 0.25) is 0 Å².